The largest absolute Gasteiger partial charge is 0.469 e. The second-order valence-corrected chi connectivity index (χ2v) is 3.40. The van der Waals surface area contributed by atoms with Gasteiger partial charge in [0.25, 0.3) is 0 Å². The molecule has 62 valence electrons. The molecule has 0 aromatic rings. The molecule has 3 nitrogen and oxygen atoms in total. The fourth-order valence-electron chi connectivity index (χ4n) is 2.33. The molecule has 1 aliphatic heterocycles. The van der Waals surface area contributed by atoms with Crippen molar-refractivity contribution in [1.82, 2.24) is 5.32 Å². The number of piperidine rings is 1. The number of hydrogen-bond donors (Lipinski definition) is 1. The normalized spacial score (nSPS) is 41.0. The van der Waals surface area contributed by atoms with Gasteiger partial charge in [0.05, 0.1) is 13.0 Å². The van der Waals surface area contributed by atoms with Crippen LogP contribution in [-0.4, -0.2) is 25.7 Å². The van der Waals surface area contributed by atoms with E-state index in [4.69, 9.17) is 4.74 Å². The van der Waals surface area contributed by atoms with Crippen LogP contribution >= 0.6 is 0 Å². The predicted octanol–water partition coefficient (Wildman–Crippen LogP) is 0.157. The second kappa shape index (κ2) is 2.48. The van der Waals surface area contributed by atoms with E-state index in [0.717, 1.165) is 13.0 Å². The van der Waals surface area contributed by atoms with Crippen LogP contribution in [0.1, 0.15) is 12.8 Å². The number of methoxy groups -OCH3 is 1. The maximum atomic E-state index is 11.2. The first-order valence-corrected chi connectivity index (χ1v) is 4.14. The van der Waals surface area contributed by atoms with Crippen molar-refractivity contribution in [1.29, 1.82) is 0 Å². The quantitative estimate of drug-likeness (QED) is 0.548. The van der Waals surface area contributed by atoms with Gasteiger partial charge in [-0.05, 0) is 25.3 Å². The lowest BCUT2D eigenvalue weighted by atomic mass is 9.99. The Labute approximate surface area is 66.1 Å². The highest BCUT2D eigenvalue weighted by atomic mass is 16.5. The van der Waals surface area contributed by atoms with Crippen LogP contribution in [-0.2, 0) is 9.53 Å². The van der Waals surface area contributed by atoms with E-state index in [1.807, 2.05) is 0 Å². The molecule has 2 bridgehead atoms. The molecule has 0 spiro atoms. The van der Waals surface area contributed by atoms with E-state index in [-0.39, 0.29) is 11.9 Å². The molecule has 1 heterocycles. The van der Waals surface area contributed by atoms with Gasteiger partial charge in [-0.15, -0.1) is 0 Å². The fourth-order valence-corrected chi connectivity index (χ4v) is 2.33. The summed E-state index contributed by atoms with van der Waals surface area (Å²) < 4.78 is 4.74. The van der Waals surface area contributed by atoms with Gasteiger partial charge in [-0.25, -0.2) is 0 Å². The van der Waals surface area contributed by atoms with Gasteiger partial charge in [0.15, 0.2) is 0 Å². The highest BCUT2D eigenvalue weighted by Crippen LogP contribution is 2.37. The molecule has 1 N–H and O–H groups in total. The summed E-state index contributed by atoms with van der Waals surface area (Å²) in [6, 6.07) is 0.410. The van der Waals surface area contributed by atoms with E-state index in [0.29, 0.717) is 12.0 Å². The summed E-state index contributed by atoms with van der Waals surface area (Å²) in [4.78, 5) is 11.2. The standard InChI is InChI=1S/C8H13NO2/c1-11-8(10)7-5-2-3-6(7)9-4-5/h5-7,9H,2-4H2,1H3/t5-,6-,7-/m0/s1. The highest BCUT2D eigenvalue weighted by molar-refractivity contribution is 5.74. The minimum absolute atomic E-state index is 0.0255. The molecule has 0 aromatic carbocycles. The first-order valence-electron chi connectivity index (χ1n) is 4.14. The number of hydrogen-bond acceptors (Lipinski definition) is 3. The van der Waals surface area contributed by atoms with E-state index in [1.165, 1.54) is 13.5 Å². The summed E-state index contributed by atoms with van der Waals surface area (Å²) in [6.07, 6.45) is 2.34. The van der Waals surface area contributed by atoms with E-state index in [1.54, 1.807) is 0 Å². The third kappa shape index (κ3) is 0.948. The van der Waals surface area contributed by atoms with Crippen LogP contribution in [0.15, 0.2) is 0 Å². The van der Waals surface area contributed by atoms with Crippen LogP contribution < -0.4 is 5.32 Å². The first kappa shape index (κ1) is 7.10. The maximum absolute atomic E-state index is 11.2. The van der Waals surface area contributed by atoms with Crippen molar-refractivity contribution in [3.63, 3.8) is 0 Å². The van der Waals surface area contributed by atoms with Crippen molar-refractivity contribution < 1.29 is 9.53 Å². The van der Waals surface area contributed by atoms with E-state index < -0.39 is 0 Å². The Hall–Kier alpha value is -0.570. The topological polar surface area (TPSA) is 38.3 Å². The summed E-state index contributed by atoms with van der Waals surface area (Å²) in [5.41, 5.74) is 0. The Balaban J connectivity index is 2.09. The first-order chi connectivity index (χ1) is 5.33. The molecule has 3 atom stereocenters. The van der Waals surface area contributed by atoms with Gasteiger partial charge in [0, 0.05) is 6.04 Å². The number of carbonyl (C=O) groups excluding carboxylic acids is 1. The van der Waals surface area contributed by atoms with Crippen molar-refractivity contribution in [3.8, 4) is 0 Å². The van der Waals surface area contributed by atoms with Crippen LogP contribution in [0.5, 0.6) is 0 Å². The van der Waals surface area contributed by atoms with Crippen molar-refractivity contribution >= 4 is 5.97 Å². The van der Waals surface area contributed by atoms with Gasteiger partial charge in [0.1, 0.15) is 0 Å². The number of esters is 1. The number of carbonyl (C=O) groups is 1. The van der Waals surface area contributed by atoms with Gasteiger partial charge in [-0.3, -0.25) is 4.79 Å². The number of fused-ring (bicyclic) bond motifs is 2. The molecule has 11 heavy (non-hydrogen) atoms. The summed E-state index contributed by atoms with van der Waals surface area (Å²) in [6.45, 7) is 1.00. The van der Waals surface area contributed by atoms with E-state index in [9.17, 15) is 4.79 Å². The second-order valence-electron chi connectivity index (χ2n) is 3.40. The summed E-state index contributed by atoms with van der Waals surface area (Å²) >= 11 is 0. The average molecular weight is 155 g/mol. The minimum atomic E-state index is -0.0255. The fraction of sp³-hybridized carbons (Fsp3) is 0.875. The lowest BCUT2D eigenvalue weighted by molar-refractivity contribution is -0.146. The predicted molar refractivity (Wildman–Crippen MR) is 40.0 cm³/mol. The van der Waals surface area contributed by atoms with E-state index >= 15 is 0 Å². The zero-order valence-electron chi connectivity index (χ0n) is 6.67. The number of rotatable bonds is 1. The molecular weight excluding hydrogens is 142 g/mol. The van der Waals surface area contributed by atoms with Gasteiger partial charge < -0.3 is 10.1 Å². The average Bonchev–Trinajstić information content (AvgIpc) is 2.61. The zero-order chi connectivity index (χ0) is 7.84. The summed E-state index contributed by atoms with van der Waals surface area (Å²) in [5, 5.41) is 3.32. The Morgan fingerprint density at radius 2 is 2.36 bits per heavy atom. The molecule has 1 saturated carbocycles. The van der Waals surface area contributed by atoms with Gasteiger partial charge in [-0.2, -0.15) is 0 Å². The van der Waals surface area contributed by atoms with Crippen LogP contribution in [0.4, 0.5) is 0 Å². The zero-order valence-corrected chi connectivity index (χ0v) is 6.67. The molecule has 2 rings (SSSR count). The van der Waals surface area contributed by atoms with Crippen molar-refractivity contribution in [3.05, 3.63) is 0 Å². The minimum Gasteiger partial charge on any atom is -0.469 e. The summed E-state index contributed by atoms with van der Waals surface area (Å²) in [7, 11) is 1.47. The SMILES string of the molecule is COC(=O)[C@H]1[C@H]2CC[C@@H]1NC2. The van der Waals surface area contributed by atoms with Crippen LogP contribution in [0.2, 0.25) is 0 Å². The lowest BCUT2D eigenvalue weighted by Gasteiger charge is -2.10. The molecule has 1 saturated heterocycles. The summed E-state index contributed by atoms with van der Waals surface area (Å²) in [5.74, 6) is 0.676. The Morgan fingerprint density at radius 1 is 1.55 bits per heavy atom. The maximum Gasteiger partial charge on any atom is 0.310 e. The third-order valence-electron chi connectivity index (χ3n) is 2.91. The van der Waals surface area contributed by atoms with Crippen molar-refractivity contribution in [2.75, 3.05) is 13.7 Å². The molecular formula is C8H13NO2. The van der Waals surface area contributed by atoms with Crippen LogP contribution in [0.3, 0.4) is 0 Å². The lowest BCUT2D eigenvalue weighted by Crippen LogP contribution is -2.29. The smallest absolute Gasteiger partial charge is 0.310 e. The van der Waals surface area contributed by atoms with Crippen molar-refractivity contribution in [2.45, 2.75) is 18.9 Å². The molecule has 0 radical (unpaired) electrons. The molecule has 0 amide bonds. The molecule has 2 aliphatic rings. The van der Waals surface area contributed by atoms with Gasteiger partial charge in [-0.1, -0.05) is 0 Å². The Kier molecular flexibility index (Phi) is 1.60. The molecule has 0 aromatic heterocycles. The molecule has 3 heteroatoms. The third-order valence-corrected chi connectivity index (χ3v) is 2.91. The van der Waals surface area contributed by atoms with Crippen LogP contribution in [0, 0.1) is 11.8 Å². The molecule has 2 fully saturated rings. The van der Waals surface area contributed by atoms with Crippen molar-refractivity contribution in [2.24, 2.45) is 11.8 Å². The molecule has 0 unspecified atom stereocenters. The monoisotopic (exact) mass is 155 g/mol. The highest BCUT2D eigenvalue weighted by Gasteiger charge is 2.46. The number of ether oxygens (including phenoxy) is 1. The van der Waals surface area contributed by atoms with E-state index in [2.05, 4.69) is 5.32 Å². The Bertz CT molecular complexity index is 161. The van der Waals surface area contributed by atoms with Crippen LogP contribution in [0.25, 0.3) is 0 Å². The van der Waals surface area contributed by atoms with Gasteiger partial charge >= 0.3 is 5.97 Å². The molecule has 1 aliphatic carbocycles. The Morgan fingerprint density at radius 3 is 2.73 bits per heavy atom. The number of nitrogens with one attached hydrogen (secondary N) is 1. The van der Waals surface area contributed by atoms with Gasteiger partial charge in [0.2, 0.25) is 0 Å².